The molecule has 0 spiro atoms. The van der Waals surface area contributed by atoms with Gasteiger partial charge in [0.05, 0.1) is 0 Å². The molecule has 0 fully saturated rings. The molecule has 0 nitrogen and oxygen atoms in total. The highest BCUT2D eigenvalue weighted by molar-refractivity contribution is 7.81. The molecule has 1 atom stereocenters. The van der Waals surface area contributed by atoms with E-state index in [0.29, 0.717) is 0 Å². The lowest BCUT2D eigenvalue weighted by Crippen LogP contribution is -2.75. The molecule has 0 amide bonds. The molecule has 0 saturated heterocycles. The zero-order chi connectivity index (χ0) is 24.5. The Morgan fingerprint density at radius 1 is 0.276 bits per heavy atom. The molecule has 0 rings (SSSR count). The summed E-state index contributed by atoms with van der Waals surface area (Å²) in [6.45, 7) is 0. The van der Waals surface area contributed by atoms with Crippen LogP contribution < -0.4 is 0 Å². The summed E-state index contributed by atoms with van der Waals surface area (Å²) in [6.07, 6.45) is -15.3. The molecule has 0 saturated carbocycles. The summed E-state index contributed by atoms with van der Waals surface area (Å²) < 4.78 is 239. The van der Waals surface area contributed by atoms with Crippen LogP contribution in [0.3, 0.4) is 0 Å². The first-order chi connectivity index (χ1) is 12.0. The molecule has 0 radical (unpaired) electrons. The maximum Gasteiger partial charge on any atom is 0.460 e. The normalized spacial score (nSPS) is 18.6. The van der Waals surface area contributed by atoms with Crippen LogP contribution in [-0.2, 0) is 0 Å². The Bertz CT molecular complexity index is 554. The number of hydrogen-bond acceptors (Lipinski definition) is 1. The van der Waals surface area contributed by atoms with Gasteiger partial charge < -0.3 is 0 Å². The highest BCUT2D eigenvalue weighted by Crippen LogP contribution is 2.65. The molecule has 29 heavy (non-hydrogen) atoms. The van der Waals surface area contributed by atoms with E-state index < -0.39 is 52.9 Å². The van der Waals surface area contributed by atoms with Crippen LogP contribution >= 0.6 is 12.6 Å². The molecule has 176 valence electrons. The summed E-state index contributed by atoms with van der Waals surface area (Å²) >= 11 is 1.23. The van der Waals surface area contributed by atoms with Gasteiger partial charge in [-0.3, -0.25) is 0 Å². The average Bonchev–Trinajstić information content (AvgIpc) is 2.43. The zero-order valence-corrected chi connectivity index (χ0v) is 13.0. The van der Waals surface area contributed by atoms with E-state index in [9.17, 15) is 83.4 Å². The first-order valence-electron chi connectivity index (χ1n) is 5.81. The molecule has 0 N–H and O–H groups in total. The lowest BCUT2D eigenvalue weighted by atomic mass is 9.89. The van der Waals surface area contributed by atoms with Crippen molar-refractivity contribution in [3.05, 3.63) is 0 Å². The predicted octanol–water partition coefficient (Wildman–Crippen LogP) is 6.52. The SMILES string of the molecule is FC(F)(F)C(F)(F)C(F)(F)C(F)(F)C(F)(F)C(F)(F)C(F)(F)C(F)(S)C(F)(F)F. The van der Waals surface area contributed by atoms with Crippen LogP contribution in [-0.4, -0.2) is 52.9 Å². The Kier molecular flexibility index (Phi) is 6.29. The minimum Gasteiger partial charge on any atom is -0.215 e. The van der Waals surface area contributed by atoms with Gasteiger partial charge in [0.1, 0.15) is 0 Å². The summed E-state index contributed by atoms with van der Waals surface area (Å²) in [4.78, 5) is 0. The molecular formula is C9HF19S. The molecule has 1 unspecified atom stereocenters. The Labute approximate surface area is 150 Å². The number of alkyl halides is 19. The molecule has 0 aromatic rings. The van der Waals surface area contributed by atoms with Gasteiger partial charge >= 0.3 is 52.9 Å². The number of thiol groups is 1. The Balaban J connectivity index is 6.82. The third kappa shape index (κ3) is 3.35. The summed E-state index contributed by atoms with van der Waals surface area (Å²) in [5.41, 5.74) is 0. The summed E-state index contributed by atoms with van der Waals surface area (Å²) in [7, 11) is 0. The van der Waals surface area contributed by atoms with Crippen LogP contribution in [0.1, 0.15) is 0 Å². The van der Waals surface area contributed by atoms with E-state index in [1.165, 1.54) is 12.6 Å². The molecule has 0 bridgehead atoms. The van der Waals surface area contributed by atoms with Crippen LogP contribution in [0, 0.1) is 0 Å². The lowest BCUT2D eigenvalue weighted by molar-refractivity contribution is -0.459. The minimum absolute atomic E-state index is 1.23. The van der Waals surface area contributed by atoms with Gasteiger partial charge in [-0.05, 0) is 0 Å². The second kappa shape index (κ2) is 6.51. The Hall–Kier alpha value is -0.980. The van der Waals surface area contributed by atoms with Gasteiger partial charge in [-0.25, -0.2) is 4.39 Å². The monoisotopic (exact) mass is 502 g/mol. The van der Waals surface area contributed by atoms with E-state index >= 15 is 0 Å². The van der Waals surface area contributed by atoms with E-state index in [1.54, 1.807) is 0 Å². The van der Waals surface area contributed by atoms with Crippen molar-refractivity contribution in [1.29, 1.82) is 0 Å². The van der Waals surface area contributed by atoms with E-state index in [0.717, 1.165) is 0 Å². The fourth-order valence-electron chi connectivity index (χ4n) is 1.35. The van der Waals surface area contributed by atoms with Crippen molar-refractivity contribution in [3.63, 3.8) is 0 Å². The smallest absolute Gasteiger partial charge is 0.215 e. The van der Waals surface area contributed by atoms with E-state index in [-0.39, 0.29) is 0 Å². The molecule has 0 aromatic heterocycles. The van der Waals surface area contributed by atoms with Crippen molar-refractivity contribution in [3.8, 4) is 0 Å². The number of halogens is 19. The van der Waals surface area contributed by atoms with Gasteiger partial charge in [-0.2, -0.15) is 79.0 Å². The highest BCUT2D eigenvalue weighted by Gasteiger charge is 2.96. The Morgan fingerprint density at radius 3 is 0.690 bits per heavy atom. The third-order valence-electron chi connectivity index (χ3n) is 3.12. The number of rotatable bonds is 6. The number of hydrogen-bond donors (Lipinski definition) is 1. The fourth-order valence-corrected chi connectivity index (χ4v) is 1.49. The molecule has 0 aliphatic rings. The van der Waals surface area contributed by atoms with Crippen LogP contribution in [0.2, 0.25) is 0 Å². The van der Waals surface area contributed by atoms with Crippen LogP contribution in [0.25, 0.3) is 0 Å². The second-order valence-electron chi connectivity index (χ2n) is 5.06. The topological polar surface area (TPSA) is 0 Å². The van der Waals surface area contributed by atoms with Crippen LogP contribution in [0.4, 0.5) is 83.4 Å². The highest BCUT2D eigenvalue weighted by atomic mass is 32.1. The molecule has 0 heterocycles. The average molecular weight is 502 g/mol. The quantitative estimate of drug-likeness (QED) is 0.311. The minimum atomic E-state index is -8.83. The van der Waals surface area contributed by atoms with Gasteiger partial charge in [0.2, 0.25) is 0 Å². The maximum absolute atomic E-state index is 13.1. The summed E-state index contributed by atoms with van der Waals surface area (Å²) in [5, 5.41) is -7.18. The maximum atomic E-state index is 13.1. The molecule has 20 heteroatoms. The molecule has 0 aromatic carbocycles. The van der Waals surface area contributed by atoms with E-state index in [4.69, 9.17) is 0 Å². The van der Waals surface area contributed by atoms with Crippen molar-refractivity contribution in [1.82, 2.24) is 0 Å². The van der Waals surface area contributed by atoms with Gasteiger partial charge in [0.15, 0.2) is 0 Å². The first-order valence-corrected chi connectivity index (χ1v) is 6.26. The third-order valence-corrected chi connectivity index (χ3v) is 3.65. The summed E-state index contributed by atoms with van der Waals surface area (Å²) in [6, 6.07) is 0. The predicted molar refractivity (Wildman–Crippen MR) is 54.6 cm³/mol. The Morgan fingerprint density at radius 2 is 0.483 bits per heavy atom. The summed E-state index contributed by atoms with van der Waals surface area (Å²) in [5.74, 6) is -51.4. The van der Waals surface area contributed by atoms with Crippen LogP contribution in [0.15, 0.2) is 0 Å². The van der Waals surface area contributed by atoms with Gasteiger partial charge in [-0.1, -0.05) is 0 Å². The van der Waals surface area contributed by atoms with E-state index in [2.05, 4.69) is 0 Å². The largest absolute Gasteiger partial charge is 0.460 e. The fraction of sp³-hybridized carbons (Fsp3) is 1.00. The van der Waals surface area contributed by atoms with Crippen molar-refractivity contribution in [2.45, 2.75) is 52.9 Å². The van der Waals surface area contributed by atoms with Crippen molar-refractivity contribution in [2.75, 3.05) is 0 Å². The van der Waals surface area contributed by atoms with Crippen LogP contribution in [0.5, 0.6) is 0 Å². The standard InChI is InChI=1S/C9HF19S/c10-1(11,2(12,13)4(16,17)6(20,21)8(23,24)25)3(14,15)5(18,19)7(22,29)9(26,27)28/h29H. The second-order valence-corrected chi connectivity index (χ2v) is 5.68. The molecule has 0 aliphatic carbocycles. The molecule has 0 aliphatic heterocycles. The first kappa shape index (κ1) is 28.0. The van der Waals surface area contributed by atoms with Gasteiger partial charge in [0.25, 0.3) is 0 Å². The van der Waals surface area contributed by atoms with Crippen molar-refractivity contribution < 1.29 is 83.4 Å². The zero-order valence-electron chi connectivity index (χ0n) is 12.1. The van der Waals surface area contributed by atoms with Gasteiger partial charge in [-0.15, -0.1) is 12.6 Å². The lowest BCUT2D eigenvalue weighted by Gasteiger charge is -2.43. The van der Waals surface area contributed by atoms with E-state index in [1.807, 2.05) is 0 Å². The molecular weight excluding hydrogens is 501 g/mol. The van der Waals surface area contributed by atoms with Gasteiger partial charge in [0, 0.05) is 0 Å². The van der Waals surface area contributed by atoms with Crippen molar-refractivity contribution >= 4 is 12.6 Å². The van der Waals surface area contributed by atoms with Crippen molar-refractivity contribution in [2.24, 2.45) is 0 Å².